The van der Waals surface area contributed by atoms with E-state index in [2.05, 4.69) is 32.4 Å². The molecule has 5 rings (SSSR count). The van der Waals surface area contributed by atoms with Crippen molar-refractivity contribution in [3.63, 3.8) is 0 Å². The number of rotatable bonds is 5. The minimum atomic E-state index is -0.396. The van der Waals surface area contributed by atoms with Gasteiger partial charge in [-0.1, -0.05) is 30.3 Å². The van der Waals surface area contributed by atoms with Crippen LogP contribution in [0.15, 0.2) is 59.4 Å². The summed E-state index contributed by atoms with van der Waals surface area (Å²) in [6, 6.07) is 17.1. The summed E-state index contributed by atoms with van der Waals surface area (Å²) in [6.07, 6.45) is 0.874. The summed E-state index contributed by atoms with van der Waals surface area (Å²) in [5.74, 6) is 0.822. The average Bonchev–Trinajstić information content (AvgIpc) is 3.12. The fourth-order valence-corrected chi connectivity index (χ4v) is 4.15. The second-order valence-corrected chi connectivity index (χ2v) is 8.05. The molecule has 9 nitrogen and oxygen atoms in total. The highest BCUT2D eigenvalue weighted by molar-refractivity contribution is 5.90. The molecule has 0 aliphatic carbocycles. The molecule has 2 aromatic carbocycles. The van der Waals surface area contributed by atoms with Gasteiger partial charge < -0.3 is 15.0 Å². The Morgan fingerprint density at radius 3 is 2.76 bits per heavy atom. The molecule has 0 atom stereocenters. The molecular formula is C24H24N6O3. The van der Waals surface area contributed by atoms with Crippen molar-refractivity contribution in [2.75, 3.05) is 23.9 Å². The molecule has 33 heavy (non-hydrogen) atoms. The average molecular weight is 444 g/mol. The highest BCUT2D eigenvalue weighted by atomic mass is 16.5. The third-order valence-corrected chi connectivity index (χ3v) is 5.74. The Balaban J connectivity index is 1.44. The van der Waals surface area contributed by atoms with Gasteiger partial charge in [0.1, 0.15) is 12.3 Å². The van der Waals surface area contributed by atoms with Crippen LogP contribution in [0.1, 0.15) is 16.8 Å². The Hall–Kier alpha value is -4.14. The molecule has 0 bridgehead atoms. The van der Waals surface area contributed by atoms with E-state index in [1.165, 1.54) is 20.2 Å². The lowest BCUT2D eigenvalue weighted by Crippen LogP contribution is -2.35. The zero-order chi connectivity index (χ0) is 22.9. The summed E-state index contributed by atoms with van der Waals surface area (Å²) in [6.45, 7) is 3.08. The number of hydrogen-bond donors (Lipinski definition) is 1. The van der Waals surface area contributed by atoms with Crippen LogP contribution >= 0.6 is 0 Å². The second-order valence-electron chi connectivity index (χ2n) is 8.05. The van der Waals surface area contributed by atoms with Crippen molar-refractivity contribution in [3.8, 4) is 5.75 Å². The van der Waals surface area contributed by atoms with Crippen LogP contribution in [0.25, 0.3) is 5.65 Å². The zero-order valence-corrected chi connectivity index (χ0v) is 18.5. The van der Waals surface area contributed by atoms with Crippen LogP contribution in [0.2, 0.25) is 0 Å². The predicted molar refractivity (Wildman–Crippen MR) is 125 cm³/mol. The highest BCUT2D eigenvalue weighted by Gasteiger charge is 2.22. The van der Waals surface area contributed by atoms with Gasteiger partial charge in [0.05, 0.1) is 7.11 Å². The normalized spacial score (nSPS) is 13.1. The SMILES string of the molecule is COc1cccc(NC(=O)Cn2nc3cc(C)nc(N4CCc5ccccc5C4)n3c2=O)c1. The van der Waals surface area contributed by atoms with Crippen molar-refractivity contribution in [1.82, 2.24) is 19.2 Å². The van der Waals surface area contributed by atoms with Crippen molar-refractivity contribution in [1.29, 1.82) is 0 Å². The number of aromatic nitrogens is 4. The van der Waals surface area contributed by atoms with Crippen molar-refractivity contribution in [3.05, 3.63) is 81.9 Å². The monoisotopic (exact) mass is 444 g/mol. The van der Waals surface area contributed by atoms with Gasteiger partial charge in [0.2, 0.25) is 11.9 Å². The van der Waals surface area contributed by atoms with E-state index < -0.39 is 5.69 Å². The summed E-state index contributed by atoms with van der Waals surface area (Å²) in [5, 5.41) is 7.19. The smallest absolute Gasteiger partial charge is 0.353 e. The standard InChI is InChI=1S/C24H24N6O3/c1-16-12-21-27-29(15-22(31)26-19-8-5-9-20(13-19)33-2)24(32)30(21)23(25-16)28-11-10-17-6-3-4-7-18(17)14-28/h3-9,12-13H,10-11,14-15H2,1-2H3,(H,26,31). The van der Waals surface area contributed by atoms with E-state index >= 15 is 0 Å². The molecule has 4 aromatic rings. The first kappa shape index (κ1) is 20.7. The zero-order valence-electron chi connectivity index (χ0n) is 18.5. The molecule has 0 saturated heterocycles. The first-order valence-corrected chi connectivity index (χ1v) is 10.7. The number of nitrogens with one attached hydrogen (secondary N) is 1. The third-order valence-electron chi connectivity index (χ3n) is 5.74. The number of aryl methyl sites for hydroxylation is 1. The van der Waals surface area contributed by atoms with Crippen LogP contribution in [-0.4, -0.2) is 38.7 Å². The molecule has 2 aromatic heterocycles. The lowest BCUT2D eigenvalue weighted by molar-refractivity contribution is -0.117. The minimum Gasteiger partial charge on any atom is -0.497 e. The molecule has 1 aliphatic rings. The number of benzene rings is 2. The number of carbonyl (C=O) groups is 1. The quantitative estimate of drug-likeness (QED) is 0.508. The van der Waals surface area contributed by atoms with Crippen molar-refractivity contribution < 1.29 is 9.53 Å². The first-order chi connectivity index (χ1) is 16.0. The lowest BCUT2D eigenvalue weighted by atomic mass is 10.0. The predicted octanol–water partition coefficient (Wildman–Crippen LogP) is 2.41. The number of anilines is 2. The summed E-state index contributed by atoms with van der Waals surface area (Å²) >= 11 is 0. The molecule has 0 unspecified atom stereocenters. The maximum absolute atomic E-state index is 13.2. The van der Waals surface area contributed by atoms with Gasteiger partial charge in [-0.2, -0.15) is 0 Å². The Morgan fingerprint density at radius 2 is 1.94 bits per heavy atom. The maximum atomic E-state index is 13.2. The van der Waals surface area contributed by atoms with Gasteiger partial charge in [-0.25, -0.2) is 18.9 Å². The van der Waals surface area contributed by atoms with Gasteiger partial charge in [-0.15, -0.1) is 5.10 Å². The van der Waals surface area contributed by atoms with Crippen LogP contribution in [0, 0.1) is 6.92 Å². The number of amides is 1. The van der Waals surface area contributed by atoms with Gasteiger partial charge in [0, 0.05) is 36.6 Å². The minimum absolute atomic E-state index is 0.209. The van der Waals surface area contributed by atoms with Gasteiger partial charge in [0.25, 0.3) is 0 Å². The van der Waals surface area contributed by atoms with E-state index in [-0.39, 0.29) is 12.5 Å². The van der Waals surface area contributed by atoms with E-state index in [1.54, 1.807) is 37.4 Å². The molecule has 168 valence electrons. The van der Waals surface area contributed by atoms with Crippen LogP contribution in [0.4, 0.5) is 11.6 Å². The Kier molecular flexibility index (Phi) is 5.29. The fourth-order valence-electron chi connectivity index (χ4n) is 4.15. The number of nitrogens with zero attached hydrogens (tertiary/aromatic N) is 5. The van der Waals surface area contributed by atoms with Crippen LogP contribution in [0.3, 0.4) is 0 Å². The van der Waals surface area contributed by atoms with E-state index in [0.29, 0.717) is 29.6 Å². The van der Waals surface area contributed by atoms with E-state index in [0.717, 1.165) is 18.7 Å². The summed E-state index contributed by atoms with van der Waals surface area (Å²) in [7, 11) is 1.56. The van der Waals surface area contributed by atoms with Gasteiger partial charge >= 0.3 is 5.69 Å². The molecule has 0 spiro atoms. The maximum Gasteiger partial charge on any atom is 0.353 e. The van der Waals surface area contributed by atoms with Crippen LogP contribution < -0.4 is 20.6 Å². The Morgan fingerprint density at radius 1 is 1.12 bits per heavy atom. The van der Waals surface area contributed by atoms with Crippen molar-refractivity contribution in [2.24, 2.45) is 0 Å². The van der Waals surface area contributed by atoms with Gasteiger partial charge in [-0.05, 0) is 36.6 Å². The van der Waals surface area contributed by atoms with Gasteiger partial charge in [-0.3, -0.25) is 4.79 Å². The molecule has 1 amide bonds. The van der Waals surface area contributed by atoms with E-state index in [9.17, 15) is 9.59 Å². The largest absolute Gasteiger partial charge is 0.497 e. The highest BCUT2D eigenvalue weighted by Crippen LogP contribution is 2.23. The number of hydrogen-bond acceptors (Lipinski definition) is 6. The topological polar surface area (TPSA) is 93.8 Å². The third kappa shape index (κ3) is 4.05. The molecule has 1 N–H and O–H groups in total. The van der Waals surface area contributed by atoms with Crippen molar-refractivity contribution in [2.45, 2.75) is 26.4 Å². The first-order valence-electron chi connectivity index (χ1n) is 10.7. The number of carbonyl (C=O) groups excluding carboxylic acids is 1. The second kappa shape index (κ2) is 8.42. The van der Waals surface area contributed by atoms with Crippen LogP contribution in [-0.2, 0) is 24.3 Å². The Labute approximate surface area is 190 Å². The molecule has 0 saturated carbocycles. The fraction of sp³-hybridized carbons (Fsp3) is 0.250. The number of methoxy groups -OCH3 is 1. The molecular weight excluding hydrogens is 420 g/mol. The number of fused-ring (bicyclic) bond motifs is 2. The summed E-state index contributed by atoms with van der Waals surface area (Å²) < 4.78 is 7.84. The molecule has 3 heterocycles. The molecule has 0 radical (unpaired) electrons. The van der Waals surface area contributed by atoms with E-state index in [4.69, 9.17) is 4.74 Å². The summed E-state index contributed by atoms with van der Waals surface area (Å²) in [5.41, 5.74) is 3.95. The number of ether oxygens (including phenoxy) is 1. The summed E-state index contributed by atoms with van der Waals surface area (Å²) in [4.78, 5) is 32.6. The Bertz CT molecular complexity index is 1410. The molecule has 1 aliphatic heterocycles. The molecule has 0 fully saturated rings. The van der Waals surface area contributed by atoms with Crippen LogP contribution in [0.5, 0.6) is 5.75 Å². The van der Waals surface area contributed by atoms with Crippen molar-refractivity contribution >= 4 is 23.2 Å². The van der Waals surface area contributed by atoms with E-state index in [1.807, 2.05) is 19.1 Å². The lowest BCUT2D eigenvalue weighted by Gasteiger charge is -2.29. The molecule has 9 heteroatoms. The van der Waals surface area contributed by atoms with Gasteiger partial charge in [0.15, 0.2) is 5.65 Å².